The normalized spacial score (nSPS) is 21.1. The summed E-state index contributed by atoms with van der Waals surface area (Å²) in [7, 11) is 1.35. The molecule has 1 amide bonds. The molecule has 0 aliphatic carbocycles. The number of carbonyl (C=O) groups excluding carboxylic acids is 2. The number of carbonyl (C=O) groups is 2. The molecule has 2 fully saturated rings. The smallest absolute Gasteiger partial charge is 0.407 e. The molecular weight excluding hydrogens is 442 g/mol. The third-order valence-electron chi connectivity index (χ3n) is 5.42. The Balaban J connectivity index is 1.70. The molecule has 1 atom stereocenters. The van der Waals surface area contributed by atoms with Crippen LogP contribution in [0.3, 0.4) is 0 Å². The van der Waals surface area contributed by atoms with E-state index in [9.17, 15) is 9.59 Å². The molecule has 2 saturated heterocycles. The van der Waals surface area contributed by atoms with Crippen molar-refractivity contribution < 1.29 is 23.8 Å². The van der Waals surface area contributed by atoms with E-state index < -0.39 is 17.7 Å². The minimum Gasteiger partial charge on any atom is -0.464 e. The number of hydrogen-bond donors (Lipinski definition) is 1. The lowest BCUT2D eigenvalue weighted by Crippen LogP contribution is -2.53. The van der Waals surface area contributed by atoms with Crippen molar-refractivity contribution in [3.8, 4) is 0 Å². The van der Waals surface area contributed by atoms with Crippen molar-refractivity contribution in [3.05, 3.63) is 22.4 Å². The van der Waals surface area contributed by atoms with Crippen LogP contribution in [0.2, 0.25) is 0 Å². The van der Waals surface area contributed by atoms with E-state index in [0.29, 0.717) is 23.5 Å². The fraction of sp³-hybridized carbons (Fsp3) is 0.650. The number of halogens is 1. The van der Waals surface area contributed by atoms with Crippen molar-refractivity contribution >= 4 is 33.7 Å². The molecule has 1 aromatic rings. The highest BCUT2D eigenvalue weighted by molar-refractivity contribution is 9.10. The quantitative estimate of drug-likeness (QED) is 0.536. The van der Waals surface area contributed by atoms with Gasteiger partial charge in [0.25, 0.3) is 0 Å². The van der Waals surface area contributed by atoms with Gasteiger partial charge in [-0.3, -0.25) is 0 Å². The molecule has 29 heavy (non-hydrogen) atoms. The van der Waals surface area contributed by atoms with Crippen LogP contribution >= 0.6 is 15.9 Å². The molecule has 3 rings (SSSR count). The highest BCUT2D eigenvalue weighted by Gasteiger charge is 2.47. The summed E-state index contributed by atoms with van der Waals surface area (Å²) in [5.74, 6) is -0.463. The summed E-state index contributed by atoms with van der Waals surface area (Å²) in [5, 5.41) is 3.00. The van der Waals surface area contributed by atoms with Gasteiger partial charge in [0.2, 0.25) is 0 Å². The molecule has 0 radical (unpaired) electrons. The van der Waals surface area contributed by atoms with Crippen LogP contribution in [-0.2, 0) is 14.2 Å². The number of amides is 1. The van der Waals surface area contributed by atoms with Gasteiger partial charge in [-0.15, -0.1) is 0 Å². The molecule has 3 heterocycles. The Kier molecular flexibility index (Phi) is 6.38. The van der Waals surface area contributed by atoms with E-state index in [1.807, 2.05) is 32.9 Å². The summed E-state index contributed by atoms with van der Waals surface area (Å²) >= 11 is 3.31. The van der Waals surface area contributed by atoms with Crippen molar-refractivity contribution in [2.24, 2.45) is 5.41 Å². The van der Waals surface area contributed by atoms with E-state index in [1.165, 1.54) is 7.11 Å². The maximum Gasteiger partial charge on any atom is 0.407 e. The number of methoxy groups -OCH3 is 1. The predicted octanol–water partition coefficient (Wildman–Crippen LogP) is 3.14. The SMILES string of the molecule is COC(=O)c1nc(Br)ccc1N1CCC2(CC1)COC[C@H]2NC(=O)OC(C)(C)C. The van der Waals surface area contributed by atoms with Crippen LogP contribution in [-0.4, -0.2) is 62.1 Å². The van der Waals surface area contributed by atoms with Crippen LogP contribution < -0.4 is 10.2 Å². The van der Waals surface area contributed by atoms with Gasteiger partial charge in [0.05, 0.1) is 32.1 Å². The van der Waals surface area contributed by atoms with E-state index in [0.717, 1.165) is 31.6 Å². The number of alkyl carbamates (subject to hydrolysis) is 1. The van der Waals surface area contributed by atoms with Gasteiger partial charge in [-0.05, 0) is 61.7 Å². The lowest BCUT2D eigenvalue weighted by Gasteiger charge is -2.43. The number of anilines is 1. The second-order valence-corrected chi connectivity index (χ2v) is 9.37. The zero-order valence-corrected chi connectivity index (χ0v) is 18.9. The largest absolute Gasteiger partial charge is 0.464 e. The molecule has 9 heteroatoms. The number of piperidine rings is 1. The van der Waals surface area contributed by atoms with Crippen LogP contribution in [0, 0.1) is 5.41 Å². The first-order valence-electron chi connectivity index (χ1n) is 9.71. The Labute approximate surface area is 179 Å². The van der Waals surface area contributed by atoms with Crippen molar-refractivity contribution in [3.63, 3.8) is 0 Å². The van der Waals surface area contributed by atoms with Gasteiger partial charge in [-0.1, -0.05) is 0 Å². The first-order valence-corrected chi connectivity index (χ1v) is 10.5. The van der Waals surface area contributed by atoms with Gasteiger partial charge in [-0.25, -0.2) is 14.6 Å². The van der Waals surface area contributed by atoms with Gasteiger partial charge in [-0.2, -0.15) is 0 Å². The summed E-state index contributed by atoms with van der Waals surface area (Å²) in [4.78, 5) is 30.8. The number of nitrogens with zero attached hydrogens (tertiary/aromatic N) is 2. The zero-order chi connectivity index (χ0) is 21.2. The highest BCUT2D eigenvalue weighted by Crippen LogP contribution is 2.41. The Hall–Kier alpha value is -1.87. The van der Waals surface area contributed by atoms with Gasteiger partial charge < -0.3 is 24.4 Å². The molecular formula is C20H28BrN3O5. The summed E-state index contributed by atoms with van der Waals surface area (Å²) < 4.78 is 16.6. The van der Waals surface area contributed by atoms with Crippen LogP contribution in [0.1, 0.15) is 44.1 Å². The first-order chi connectivity index (χ1) is 13.6. The van der Waals surface area contributed by atoms with E-state index in [-0.39, 0.29) is 11.5 Å². The van der Waals surface area contributed by atoms with Crippen LogP contribution in [0.5, 0.6) is 0 Å². The number of rotatable bonds is 3. The lowest BCUT2D eigenvalue weighted by molar-refractivity contribution is 0.0454. The van der Waals surface area contributed by atoms with Crippen molar-refractivity contribution in [1.82, 2.24) is 10.3 Å². The van der Waals surface area contributed by atoms with Crippen LogP contribution in [0.25, 0.3) is 0 Å². The summed E-state index contributed by atoms with van der Waals surface area (Å²) in [6, 6.07) is 3.60. The van der Waals surface area contributed by atoms with Crippen molar-refractivity contribution in [1.29, 1.82) is 0 Å². The Bertz CT molecular complexity index is 772. The molecule has 2 aliphatic rings. The van der Waals surface area contributed by atoms with Crippen LogP contribution in [0.15, 0.2) is 16.7 Å². The first kappa shape index (κ1) is 21.8. The van der Waals surface area contributed by atoms with Crippen molar-refractivity contribution in [2.75, 3.05) is 38.3 Å². The molecule has 1 N–H and O–H groups in total. The molecule has 1 spiro atoms. The van der Waals surface area contributed by atoms with Crippen molar-refractivity contribution in [2.45, 2.75) is 45.3 Å². The Morgan fingerprint density at radius 1 is 1.31 bits per heavy atom. The zero-order valence-electron chi connectivity index (χ0n) is 17.3. The second kappa shape index (κ2) is 8.47. The molecule has 1 aromatic heterocycles. The maximum atomic E-state index is 12.2. The van der Waals surface area contributed by atoms with E-state index in [2.05, 4.69) is 31.1 Å². The van der Waals surface area contributed by atoms with E-state index in [1.54, 1.807) is 0 Å². The third kappa shape index (κ3) is 5.01. The topological polar surface area (TPSA) is 90.0 Å². The molecule has 8 nitrogen and oxygen atoms in total. The fourth-order valence-corrected chi connectivity index (χ4v) is 4.23. The monoisotopic (exact) mass is 469 g/mol. The molecule has 2 aliphatic heterocycles. The van der Waals surface area contributed by atoms with Crippen LogP contribution in [0.4, 0.5) is 10.5 Å². The fourth-order valence-electron chi connectivity index (χ4n) is 3.92. The number of pyridine rings is 1. The lowest BCUT2D eigenvalue weighted by atomic mass is 9.74. The minimum atomic E-state index is -0.543. The number of esters is 1. The van der Waals surface area contributed by atoms with Gasteiger partial charge in [0.15, 0.2) is 5.69 Å². The Morgan fingerprint density at radius 2 is 2.00 bits per heavy atom. The predicted molar refractivity (Wildman–Crippen MR) is 111 cm³/mol. The minimum absolute atomic E-state index is 0.0948. The Morgan fingerprint density at radius 3 is 2.62 bits per heavy atom. The summed E-state index contributed by atoms with van der Waals surface area (Å²) in [6.45, 7) is 8.06. The maximum absolute atomic E-state index is 12.2. The number of hydrogen-bond acceptors (Lipinski definition) is 7. The average Bonchev–Trinajstić information content (AvgIpc) is 3.02. The van der Waals surface area contributed by atoms with Gasteiger partial charge in [0.1, 0.15) is 10.2 Å². The van der Waals surface area contributed by atoms with E-state index in [4.69, 9.17) is 14.2 Å². The molecule has 0 unspecified atom stereocenters. The third-order valence-corrected chi connectivity index (χ3v) is 5.86. The molecule has 0 aromatic carbocycles. The number of aromatic nitrogens is 1. The summed E-state index contributed by atoms with van der Waals surface area (Å²) in [6.07, 6.45) is 1.23. The number of nitrogens with one attached hydrogen (secondary N) is 1. The van der Waals surface area contributed by atoms with Gasteiger partial charge >= 0.3 is 12.1 Å². The number of ether oxygens (including phenoxy) is 3. The summed E-state index contributed by atoms with van der Waals surface area (Å²) in [5.41, 5.74) is 0.370. The highest BCUT2D eigenvalue weighted by atomic mass is 79.9. The van der Waals surface area contributed by atoms with E-state index >= 15 is 0 Å². The second-order valence-electron chi connectivity index (χ2n) is 8.56. The average molecular weight is 470 g/mol. The molecule has 0 bridgehead atoms. The molecule has 160 valence electrons. The molecule has 0 saturated carbocycles. The standard InChI is InChI=1S/C20H28BrN3O5/c1-19(2,3)29-18(26)22-14-11-28-12-20(14)7-9-24(10-8-20)13-5-6-15(21)23-16(13)17(25)27-4/h5-6,14H,7-12H2,1-4H3,(H,22,26)/t14-/m1/s1. The van der Waals surface area contributed by atoms with Gasteiger partial charge in [0, 0.05) is 18.5 Å².